The molecule has 0 saturated heterocycles. The molecule has 0 atom stereocenters. The molecule has 0 aliphatic rings. The van der Waals surface area contributed by atoms with Crippen LogP contribution in [0.3, 0.4) is 0 Å². The van der Waals surface area contributed by atoms with Gasteiger partial charge in [0.25, 0.3) is 0 Å². The average Bonchev–Trinajstić information content (AvgIpc) is 2.36. The van der Waals surface area contributed by atoms with Crippen molar-refractivity contribution in [3.63, 3.8) is 0 Å². The molecular formula is C13H14ClN3O. The summed E-state index contributed by atoms with van der Waals surface area (Å²) in [6.45, 7) is 5.86. The van der Waals surface area contributed by atoms with Crippen LogP contribution in [0.25, 0.3) is 0 Å². The maximum absolute atomic E-state index is 5.77. The normalized spacial score (nSPS) is 10.4. The molecule has 0 radical (unpaired) electrons. The number of nitrogens with zero attached hydrogens (tertiary/aromatic N) is 3. The first-order valence-electron chi connectivity index (χ1n) is 5.73. The molecule has 0 aliphatic carbocycles. The first kappa shape index (κ1) is 12.8. The van der Waals surface area contributed by atoms with Gasteiger partial charge in [-0.05, 0) is 44.0 Å². The van der Waals surface area contributed by atoms with E-state index in [0.29, 0.717) is 11.6 Å². The van der Waals surface area contributed by atoms with E-state index in [0.717, 1.165) is 23.4 Å². The largest absolute Gasteiger partial charge is 0.437 e. The fourth-order valence-electron chi connectivity index (χ4n) is 1.56. The second kappa shape index (κ2) is 5.31. The minimum Gasteiger partial charge on any atom is -0.437 e. The fourth-order valence-corrected chi connectivity index (χ4v) is 1.68. The molecule has 2 aromatic heterocycles. The van der Waals surface area contributed by atoms with Crippen LogP contribution in [0.1, 0.15) is 23.9 Å². The van der Waals surface area contributed by atoms with E-state index in [1.165, 1.54) is 0 Å². The zero-order valence-electron chi connectivity index (χ0n) is 10.6. The van der Waals surface area contributed by atoms with Gasteiger partial charge in [0.15, 0.2) is 5.75 Å². The van der Waals surface area contributed by atoms with E-state index in [-0.39, 0.29) is 5.28 Å². The van der Waals surface area contributed by atoms with Crippen molar-refractivity contribution in [3.8, 4) is 11.6 Å². The number of pyridine rings is 1. The topological polar surface area (TPSA) is 47.9 Å². The van der Waals surface area contributed by atoms with Crippen LogP contribution in [0.5, 0.6) is 11.6 Å². The third-order valence-electron chi connectivity index (χ3n) is 2.51. The summed E-state index contributed by atoms with van der Waals surface area (Å²) in [6, 6.07) is 3.81. The second-order valence-corrected chi connectivity index (χ2v) is 4.32. The molecule has 0 saturated carbocycles. The Bertz CT molecular complexity index is 572. The van der Waals surface area contributed by atoms with E-state index < -0.39 is 0 Å². The summed E-state index contributed by atoms with van der Waals surface area (Å²) < 4.78 is 5.77. The molecule has 0 amide bonds. The number of halogens is 1. The van der Waals surface area contributed by atoms with Gasteiger partial charge in [-0.3, -0.25) is 4.98 Å². The number of aromatic nitrogens is 3. The van der Waals surface area contributed by atoms with Crippen LogP contribution in [0, 0.1) is 13.8 Å². The predicted molar refractivity (Wildman–Crippen MR) is 70.2 cm³/mol. The van der Waals surface area contributed by atoms with Crippen LogP contribution < -0.4 is 4.74 Å². The van der Waals surface area contributed by atoms with Crippen LogP contribution in [-0.2, 0) is 6.42 Å². The minimum absolute atomic E-state index is 0.175. The molecule has 18 heavy (non-hydrogen) atoms. The van der Waals surface area contributed by atoms with Crippen molar-refractivity contribution in [2.75, 3.05) is 0 Å². The third kappa shape index (κ3) is 2.76. The van der Waals surface area contributed by atoms with Gasteiger partial charge in [-0.2, -0.15) is 4.98 Å². The average molecular weight is 264 g/mol. The van der Waals surface area contributed by atoms with Gasteiger partial charge in [0.2, 0.25) is 11.2 Å². The maximum atomic E-state index is 5.77. The molecule has 94 valence electrons. The molecule has 5 heteroatoms. The molecule has 0 bridgehead atoms. The summed E-state index contributed by atoms with van der Waals surface area (Å²) >= 11 is 5.76. The van der Waals surface area contributed by atoms with Crippen molar-refractivity contribution >= 4 is 11.6 Å². The first-order valence-corrected chi connectivity index (χ1v) is 6.11. The van der Waals surface area contributed by atoms with Crippen molar-refractivity contribution in [2.45, 2.75) is 27.2 Å². The zero-order valence-corrected chi connectivity index (χ0v) is 11.3. The molecule has 0 spiro atoms. The van der Waals surface area contributed by atoms with Crippen LogP contribution >= 0.6 is 11.6 Å². The van der Waals surface area contributed by atoms with E-state index in [2.05, 4.69) is 15.0 Å². The Morgan fingerprint density at radius 1 is 1.22 bits per heavy atom. The quantitative estimate of drug-likeness (QED) is 0.796. The van der Waals surface area contributed by atoms with E-state index in [4.69, 9.17) is 16.3 Å². The first-order chi connectivity index (χ1) is 8.60. The monoisotopic (exact) mass is 263 g/mol. The number of rotatable bonds is 3. The molecule has 0 unspecified atom stereocenters. The highest BCUT2D eigenvalue weighted by Crippen LogP contribution is 2.26. The van der Waals surface area contributed by atoms with Gasteiger partial charge < -0.3 is 4.74 Å². The molecule has 4 nitrogen and oxygen atoms in total. The van der Waals surface area contributed by atoms with Crippen LogP contribution in [0.2, 0.25) is 5.28 Å². The Hall–Kier alpha value is -1.68. The van der Waals surface area contributed by atoms with Gasteiger partial charge in [-0.25, -0.2) is 4.98 Å². The lowest BCUT2D eigenvalue weighted by Gasteiger charge is -2.10. The van der Waals surface area contributed by atoms with Crippen LogP contribution in [0.15, 0.2) is 18.3 Å². The molecule has 0 aromatic carbocycles. The summed E-state index contributed by atoms with van der Waals surface area (Å²) in [7, 11) is 0. The van der Waals surface area contributed by atoms with Crippen LogP contribution in [0.4, 0.5) is 0 Å². The molecular weight excluding hydrogens is 250 g/mol. The second-order valence-electron chi connectivity index (χ2n) is 3.98. The smallest absolute Gasteiger partial charge is 0.226 e. The molecule has 0 aliphatic heterocycles. The van der Waals surface area contributed by atoms with Crippen molar-refractivity contribution in [1.29, 1.82) is 0 Å². The van der Waals surface area contributed by atoms with Gasteiger partial charge in [0.05, 0.1) is 5.69 Å². The highest BCUT2D eigenvalue weighted by atomic mass is 35.5. The Morgan fingerprint density at radius 3 is 2.72 bits per heavy atom. The summed E-state index contributed by atoms with van der Waals surface area (Å²) in [5.74, 6) is 1.18. The van der Waals surface area contributed by atoms with Gasteiger partial charge in [0, 0.05) is 17.5 Å². The van der Waals surface area contributed by atoms with Gasteiger partial charge in [-0.1, -0.05) is 6.92 Å². The number of hydrogen-bond acceptors (Lipinski definition) is 4. The summed E-state index contributed by atoms with van der Waals surface area (Å²) in [4.78, 5) is 12.4. The Labute approximate surface area is 111 Å². The lowest BCUT2D eigenvalue weighted by Crippen LogP contribution is -1.99. The molecule has 2 rings (SSSR count). The Kier molecular flexibility index (Phi) is 3.77. The zero-order chi connectivity index (χ0) is 13.1. The highest BCUT2D eigenvalue weighted by molar-refractivity contribution is 6.28. The molecule has 0 N–H and O–H groups in total. The molecule has 0 fully saturated rings. The van der Waals surface area contributed by atoms with E-state index in [9.17, 15) is 0 Å². The van der Waals surface area contributed by atoms with Crippen molar-refractivity contribution in [1.82, 2.24) is 15.0 Å². The van der Waals surface area contributed by atoms with Crippen molar-refractivity contribution < 1.29 is 4.74 Å². The predicted octanol–water partition coefficient (Wildman–Crippen LogP) is 3.50. The highest BCUT2D eigenvalue weighted by Gasteiger charge is 2.09. The molecule has 2 aromatic rings. The maximum Gasteiger partial charge on any atom is 0.226 e. The Morgan fingerprint density at radius 2 is 2.00 bits per heavy atom. The number of hydrogen-bond donors (Lipinski definition) is 0. The van der Waals surface area contributed by atoms with E-state index in [1.54, 1.807) is 6.20 Å². The number of aryl methyl sites for hydroxylation is 3. The SMILES string of the molecule is CCc1nc(C)ccc1Oc1nc(Cl)ncc1C. The van der Waals surface area contributed by atoms with Gasteiger partial charge in [-0.15, -0.1) is 0 Å². The summed E-state index contributed by atoms with van der Waals surface area (Å²) in [6.07, 6.45) is 2.44. The van der Waals surface area contributed by atoms with Gasteiger partial charge in [0.1, 0.15) is 0 Å². The van der Waals surface area contributed by atoms with Crippen LogP contribution in [-0.4, -0.2) is 15.0 Å². The van der Waals surface area contributed by atoms with Crippen molar-refractivity contribution in [3.05, 3.63) is 40.6 Å². The molecule has 2 heterocycles. The van der Waals surface area contributed by atoms with E-state index in [1.807, 2.05) is 32.9 Å². The minimum atomic E-state index is 0.175. The lowest BCUT2D eigenvalue weighted by molar-refractivity contribution is 0.449. The standard InChI is InChI=1S/C13H14ClN3O/c1-4-10-11(6-5-9(3)16-10)18-12-8(2)7-15-13(14)17-12/h5-7H,4H2,1-3H3. The van der Waals surface area contributed by atoms with E-state index >= 15 is 0 Å². The summed E-state index contributed by atoms with van der Waals surface area (Å²) in [5, 5.41) is 0.175. The fraction of sp³-hybridized carbons (Fsp3) is 0.308. The Balaban J connectivity index is 2.36. The van der Waals surface area contributed by atoms with Crippen molar-refractivity contribution in [2.24, 2.45) is 0 Å². The summed E-state index contributed by atoms with van der Waals surface area (Å²) in [5.41, 5.74) is 2.71. The number of ether oxygens (including phenoxy) is 1. The van der Waals surface area contributed by atoms with Gasteiger partial charge >= 0.3 is 0 Å². The lowest BCUT2D eigenvalue weighted by atomic mass is 10.2. The third-order valence-corrected chi connectivity index (χ3v) is 2.69.